The fraction of sp³-hybridized carbons (Fsp3) is 0.588. The second-order valence-electron chi connectivity index (χ2n) is 6.27. The van der Waals surface area contributed by atoms with E-state index in [1.165, 1.54) is 18.4 Å². The van der Waals surface area contributed by atoms with Crippen LogP contribution in [0.2, 0.25) is 0 Å². The normalized spacial score (nSPS) is 25.0. The Kier molecular flexibility index (Phi) is 4.56. The summed E-state index contributed by atoms with van der Waals surface area (Å²) in [7, 11) is 0. The Balaban J connectivity index is 1.59. The first-order chi connectivity index (χ1) is 10.3. The Morgan fingerprint density at radius 3 is 2.67 bits per heavy atom. The minimum atomic E-state index is -0.0968. The molecule has 2 fully saturated rings. The van der Waals surface area contributed by atoms with Crippen molar-refractivity contribution in [2.45, 2.75) is 44.7 Å². The number of nitrogens with zero attached hydrogens (tertiary/aromatic N) is 1. The first-order valence-electron chi connectivity index (χ1n) is 8.12. The average Bonchev–Trinajstić information content (AvgIpc) is 3.20. The molecule has 1 heterocycles. The van der Waals surface area contributed by atoms with Gasteiger partial charge < -0.3 is 4.90 Å². The van der Waals surface area contributed by atoms with Crippen LogP contribution in [0.15, 0.2) is 30.3 Å². The monoisotopic (exact) mass is 287 g/mol. The summed E-state index contributed by atoms with van der Waals surface area (Å²) in [4.78, 5) is 14.8. The fourth-order valence-corrected chi connectivity index (χ4v) is 3.02. The van der Waals surface area contributed by atoms with E-state index in [1.807, 2.05) is 18.2 Å². The van der Waals surface area contributed by atoms with Crippen molar-refractivity contribution in [3.05, 3.63) is 35.9 Å². The Morgan fingerprint density at radius 1 is 1.24 bits per heavy atom. The van der Waals surface area contributed by atoms with Crippen LogP contribution in [0.4, 0.5) is 0 Å². The van der Waals surface area contributed by atoms with E-state index in [0.717, 1.165) is 31.8 Å². The molecule has 0 aromatic heterocycles. The number of hydrogen-bond acceptors (Lipinski definition) is 3. The molecule has 4 nitrogen and oxygen atoms in total. The predicted octanol–water partition coefficient (Wildman–Crippen LogP) is 2.24. The molecular weight excluding hydrogens is 262 g/mol. The summed E-state index contributed by atoms with van der Waals surface area (Å²) >= 11 is 0. The molecule has 114 valence electrons. The van der Waals surface area contributed by atoms with Crippen molar-refractivity contribution in [3.8, 4) is 0 Å². The lowest BCUT2D eigenvalue weighted by atomic mass is 10.0. The maximum Gasteiger partial charge on any atom is 0.241 e. The standard InChI is InChI=1S/C17H25N3O/c1-2-10-20(12-13-8-9-13)17(21)16-11-15(18-19-16)14-6-4-3-5-7-14/h3-7,13,15-16,18-19H,2,8-12H2,1H3. The van der Waals surface area contributed by atoms with Gasteiger partial charge in [0.15, 0.2) is 0 Å². The fourth-order valence-electron chi connectivity index (χ4n) is 3.02. The lowest BCUT2D eigenvalue weighted by molar-refractivity contribution is -0.133. The molecule has 1 amide bonds. The van der Waals surface area contributed by atoms with Gasteiger partial charge in [-0.15, -0.1) is 0 Å². The predicted molar refractivity (Wildman–Crippen MR) is 83.5 cm³/mol. The molecule has 2 aliphatic rings. The van der Waals surface area contributed by atoms with Gasteiger partial charge in [0, 0.05) is 19.1 Å². The van der Waals surface area contributed by atoms with E-state index in [1.54, 1.807) is 0 Å². The van der Waals surface area contributed by atoms with E-state index < -0.39 is 0 Å². The summed E-state index contributed by atoms with van der Waals surface area (Å²) in [6.07, 6.45) is 4.43. The van der Waals surface area contributed by atoms with Crippen molar-refractivity contribution in [2.24, 2.45) is 5.92 Å². The van der Waals surface area contributed by atoms with Crippen molar-refractivity contribution in [1.82, 2.24) is 15.8 Å². The number of carbonyl (C=O) groups excluding carboxylic acids is 1. The zero-order chi connectivity index (χ0) is 14.7. The van der Waals surface area contributed by atoms with Crippen LogP contribution < -0.4 is 10.9 Å². The van der Waals surface area contributed by atoms with Gasteiger partial charge in [0.25, 0.3) is 0 Å². The molecule has 3 rings (SSSR count). The highest BCUT2D eigenvalue weighted by Crippen LogP contribution is 2.30. The van der Waals surface area contributed by atoms with E-state index in [4.69, 9.17) is 0 Å². The third-order valence-electron chi connectivity index (χ3n) is 4.38. The first kappa shape index (κ1) is 14.5. The molecule has 1 saturated heterocycles. The van der Waals surface area contributed by atoms with E-state index in [-0.39, 0.29) is 18.0 Å². The molecule has 1 aliphatic carbocycles. The Bertz CT molecular complexity index is 472. The second kappa shape index (κ2) is 6.58. The number of carbonyl (C=O) groups is 1. The van der Waals surface area contributed by atoms with Crippen molar-refractivity contribution >= 4 is 5.91 Å². The molecule has 1 saturated carbocycles. The molecule has 21 heavy (non-hydrogen) atoms. The molecular formula is C17H25N3O. The minimum absolute atomic E-state index is 0.0968. The molecule has 0 bridgehead atoms. The van der Waals surface area contributed by atoms with Crippen molar-refractivity contribution in [1.29, 1.82) is 0 Å². The lowest BCUT2D eigenvalue weighted by Crippen LogP contribution is -2.46. The molecule has 0 spiro atoms. The number of rotatable bonds is 6. The Morgan fingerprint density at radius 2 is 2.00 bits per heavy atom. The van der Waals surface area contributed by atoms with Gasteiger partial charge in [-0.1, -0.05) is 37.3 Å². The molecule has 0 radical (unpaired) electrons. The van der Waals surface area contributed by atoms with E-state index >= 15 is 0 Å². The van der Waals surface area contributed by atoms with E-state index in [2.05, 4.69) is 34.8 Å². The zero-order valence-corrected chi connectivity index (χ0v) is 12.7. The third kappa shape index (κ3) is 3.63. The topological polar surface area (TPSA) is 44.4 Å². The largest absolute Gasteiger partial charge is 0.341 e. The highest BCUT2D eigenvalue weighted by Gasteiger charge is 2.34. The summed E-state index contributed by atoms with van der Waals surface area (Å²) in [5, 5.41) is 0. The molecule has 1 aromatic rings. The number of hydrogen-bond donors (Lipinski definition) is 2. The van der Waals surface area contributed by atoms with Gasteiger partial charge in [-0.3, -0.25) is 4.79 Å². The third-order valence-corrected chi connectivity index (χ3v) is 4.38. The average molecular weight is 287 g/mol. The number of hydrazine groups is 1. The quantitative estimate of drug-likeness (QED) is 0.843. The van der Waals surface area contributed by atoms with E-state index in [9.17, 15) is 4.79 Å². The van der Waals surface area contributed by atoms with Gasteiger partial charge >= 0.3 is 0 Å². The van der Waals surface area contributed by atoms with Crippen LogP contribution in [0.1, 0.15) is 44.2 Å². The van der Waals surface area contributed by atoms with Crippen LogP contribution in [0.3, 0.4) is 0 Å². The van der Waals surface area contributed by atoms with Gasteiger partial charge in [-0.05, 0) is 37.2 Å². The van der Waals surface area contributed by atoms with Crippen LogP contribution >= 0.6 is 0 Å². The van der Waals surface area contributed by atoms with Gasteiger partial charge in [0.1, 0.15) is 6.04 Å². The Hall–Kier alpha value is -1.39. The maximum atomic E-state index is 12.7. The summed E-state index contributed by atoms with van der Waals surface area (Å²) in [6, 6.07) is 10.5. The van der Waals surface area contributed by atoms with Crippen LogP contribution in [0.5, 0.6) is 0 Å². The van der Waals surface area contributed by atoms with Crippen LogP contribution in [-0.2, 0) is 4.79 Å². The summed E-state index contributed by atoms with van der Waals surface area (Å²) in [5.74, 6) is 1.01. The zero-order valence-electron chi connectivity index (χ0n) is 12.7. The van der Waals surface area contributed by atoms with Crippen LogP contribution in [0, 0.1) is 5.92 Å². The van der Waals surface area contributed by atoms with Crippen molar-refractivity contribution < 1.29 is 4.79 Å². The van der Waals surface area contributed by atoms with Crippen molar-refractivity contribution in [3.63, 3.8) is 0 Å². The molecule has 1 aliphatic heterocycles. The van der Waals surface area contributed by atoms with Gasteiger partial charge in [0.2, 0.25) is 5.91 Å². The Labute approximate surface area is 126 Å². The smallest absolute Gasteiger partial charge is 0.241 e. The van der Waals surface area contributed by atoms with Gasteiger partial charge in [0.05, 0.1) is 0 Å². The summed E-state index contributed by atoms with van der Waals surface area (Å²) in [6.45, 7) is 3.96. The SMILES string of the molecule is CCCN(CC1CC1)C(=O)C1CC(c2ccccc2)NN1. The minimum Gasteiger partial charge on any atom is -0.341 e. The number of nitrogens with one attached hydrogen (secondary N) is 2. The van der Waals surface area contributed by atoms with Crippen molar-refractivity contribution in [2.75, 3.05) is 13.1 Å². The summed E-state index contributed by atoms with van der Waals surface area (Å²) in [5.41, 5.74) is 7.71. The molecule has 1 aromatic carbocycles. The van der Waals surface area contributed by atoms with Crippen LogP contribution in [0.25, 0.3) is 0 Å². The number of amides is 1. The molecule has 4 heteroatoms. The van der Waals surface area contributed by atoms with Crippen LogP contribution in [-0.4, -0.2) is 29.9 Å². The maximum absolute atomic E-state index is 12.7. The highest BCUT2D eigenvalue weighted by molar-refractivity contribution is 5.82. The van der Waals surface area contributed by atoms with Gasteiger partial charge in [-0.25, -0.2) is 10.9 Å². The second-order valence-corrected chi connectivity index (χ2v) is 6.27. The molecule has 2 atom stereocenters. The number of benzene rings is 1. The molecule has 2 N–H and O–H groups in total. The molecule has 2 unspecified atom stereocenters. The van der Waals surface area contributed by atoms with Gasteiger partial charge in [-0.2, -0.15) is 0 Å². The first-order valence-corrected chi connectivity index (χ1v) is 8.12. The summed E-state index contributed by atoms with van der Waals surface area (Å²) < 4.78 is 0. The highest BCUT2D eigenvalue weighted by atomic mass is 16.2. The van der Waals surface area contributed by atoms with E-state index in [0.29, 0.717) is 0 Å². The lowest BCUT2D eigenvalue weighted by Gasteiger charge is -2.25.